The Hall–Kier alpha value is -2.97. The second-order valence-corrected chi connectivity index (χ2v) is 6.98. The topological polar surface area (TPSA) is 96.3 Å². The second-order valence-electron chi connectivity index (χ2n) is 6.98. The minimum Gasteiger partial charge on any atom is -0.370 e. The van der Waals surface area contributed by atoms with Crippen LogP contribution in [0.4, 0.5) is 11.8 Å². The highest BCUT2D eigenvalue weighted by Crippen LogP contribution is 2.16. The zero-order chi connectivity index (χ0) is 20.3. The van der Waals surface area contributed by atoms with Crippen LogP contribution < -0.4 is 15.8 Å². The van der Waals surface area contributed by atoms with Gasteiger partial charge in [-0.15, -0.1) is 0 Å². The van der Waals surface area contributed by atoms with E-state index in [2.05, 4.69) is 25.2 Å². The number of anilines is 2. The van der Waals surface area contributed by atoms with Gasteiger partial charge in [-0.2, -0.15) is 4.98 Å². The van der Waals surface area contributed by atoms with Gasteiger partial charge in [-0.25, -0.2) is 9.97 Å². The minimum atomic E-state index is -0.163. The van der Waals surface area contributed by atoms with Gasteiger partial charge in [0, 0.05) is 55.7 Å². The molecule has 0 aliphatic carbocycles. The average Bonchev–Trinajstić information content (AvgIpc) is 2.68. The summed E-state index contributed by atoms with van der Waals surface area (Å²) in [6.45, 7) is 10.7. The molecule has 1 aliphatic rings. The maximum absolute atomic E-state index is 12.6. The smallest absolute Gasteiger partial charge is 0.256 e. The highest BCUT2D eigenvalue weighted by atomic mass is 16.2. The Balaban J connectivity index is 1.63. The molecule has 0 atom stereocenters. The number of aryl methyl sites for hydroxylation is 2. The fraction of sp³-hybridized carbons (Fsp3) is 0.526. The van der Waals surface area contributed by atoms with Crippen LogP contribution in [-0.2, 0) is 11.3 Å². The number of hydrogen-bond donors (Lipinski definition) is 1. The zero-order valence-electron chi connectivity index (χ0n) is 16.9. The Morgan fingerprint density at radius 3 is 2.54 bits per heavy atom. The van der Waals surface area contributed by atoms with Crippen LogP contribution in [0.5, 0.6) is 0 Å². The van der Waals surface area contributed by atoms with Crippen molar-refractivity contribution in [1.82, 2.24) is 24.4 Å². The van der Waals surface area contributed by atoms with Crippen LogP contribution in [0.1, 0.15) is 23.9 Å². The van der Waals surface area contributed by atoms with Gasteiger partial charge >= 0.3 is 0 Å². The molecule has 0 saturated carbocycles. The maximum Gasteiger partial charge on any atom is 0.256 e. The van der Waals surface area contributed by atoms with Crippen molar-refractivity contribution in [2.45, 2.75) is 34.2 Å². The molecule has 0 radical (unpaired) electrons. The standard InChI is InChI=1S/C19H27N7O2/c1-5-20-16-10-13(2)22-19(23-16)25-8-6-24(7-9-25)17(27)11-26-12-21-15(4)14(3)18(26)28/h10,12H,5-9,11H2,1-4H3,(H,20,22,23). The quantitative estimate of drug-likeness (QED) is 0.811. The molecule has 2 aromatic rings. The van der Waals surface area contributed by atoms with Crippen LogP contribution in [0.25, 0.3) is 0 Å². The monoisotopic (exact) mass is 385 g/mol. The van der Waals surface area contributed by atoms with Crippen molar-refractivity contribution in [2.75, 3.05) is 42.9 Å². The van der Waals surface area contributed by atoms with Crippen LogP contribution in [-0.4, -0.2) is 63.0 Å². The molecule has 1 fully saturated rings. The molecule has 1 saturated heterocycles. The first kappa shape index (κ1) is 19.8. The predicted molar refractivity (Wildman–Crippen MR) is 108 cm³/mol. The SMILES string of the molecule is CCNc1cc(C)nc(N2CCN(C(=O)Cn3cnc(C)c(C)c3=O)CC2)n1. The van der Waals surface area contributed by atoms with Crippen molar-refractivity contribution in [3.05, 3.63) is 39.7 Å². The van der Waals surface area contributed by atoms with Crippen molar-refractivity contribution < 1.29 is 4.79 Å². The number of hydrogen-bond acceptors (Lipinski definition) is 7. The van der Waals surface area contributed by atoms with E-state index < -0.39 is 0 Å². The Morgan fingerprint density at radius 1 is 1.14 bits per heavy atom. The molecule has 1 amide bonds. The number of piperazine rings is 1. The fourth-order valence-corrected chi connectivity index (χ4v) is 3.16. The molecule has 1 N–H and O–H groups in total. The van der Waals surface area contributed by atoms with Gasteiger partial charge in [0.2, 0.25) is 11.9 Å². The largest absolute Gasteiger partial charge is 0.370 e. The molecule has 3 rings (SSSR count). The van der Waals surface area contributed by atoms with E-state index in [0.717, 1.165) is 18.1 Å². The second kappa shape index (κ2) is 8.37. The Kier molecular flexibility index (Phi) is 5.91. The van der Waals surface area contributed by atoms with Gasteiger partial charge in [0.1, 0.15) is 12.4 Å². The number of rotatable bonds is 5. The highest BCUT2D eigenvalue weighted by Gasteiger charge is 2.23. The summed E-state index contributed by atoms with van der Waals surface area (Å²) >= 11 is 0. The van der Waals surface area contributed by atoms with E-state index in [9.17, 15) is 9.59 Å². The molecule has 150 valence electrons. The molecule has 0 spiro atoms. The lowest BCUT2D eigenvalue weighted by atomic mass is 10.2. The van der Waals surface area contributed by atoms with E-state index in [-0.39, 0.29) is 18.0 Å². The van der Waals surface area contributed by atoms with Crippen LogP contribution in [0, 0.1) is 20.8 Å². The van der Waals surface area contributed by atoms with E-state index in [4.69, 9.17) is 0 Å². The summed E-state index contributed by atoms with van der Waals surface area (Å²) in [4.78, 5) is 42.0. The van der Waals surface area contributed by atoms with Crippen LogP contribution in [0.2, 0.25) is 0 Å². The number of aromatic nitrogens is 4. The van der Waals surface area contributed by atoms with Crippen molar-refractivity contribution in [2.24, 2.45) is 0 Å². The summed E-state index contributed by atoms with van der Waals surface area (Å²) < 4.78 is 1.38. The van der Waals surface area contributed by atoms with Crippen LogP contribution in [0.3, 0.4) is 0 Å². The first-order valence-electron chi connectivity index (χ1n) is 9.54. The van der Waals surface area contributed by atoms with Crippen molar-refractivity contribution >= 4 is 17.7 Å². The molecule has 1 aliphatic heterocycles. The van der Waals surface area contributed by atoms with Gasteiger partial charge < -0.3 is 15.1 Å². The first-order valence-corrected chi connectivity index (χ1v) is 9.54. The van der Waals surface area contributed by atoms with Gasteiger partial charge in [-0.1, -0.05) is 0 Å². The van der Waals surface area contributed by atoms with Crippen molar-refractivity contribution in [1.29, 1.82) is 0 Å². The van der Waals surface area contributed by atoms with E-state index in [1.165, 1.54) is 10.9 Å². The predicted octanol–water partition coefficient (Wildman–Crippen LogP) is 0.739. The first-order chi connectivity index (χ1) is 13.4. The summed E-state index contributed by atoms with van der Waals surface area (Å²) in [6.07, 6.45) is 1.45. The molecular formula is C19H27N7O2. The lowest BCUT2D eigenvalue weighted by Crippen LogP contribution is -2.50. The van der Waals surface area contributed by atoms with Crippen LogP contribution in [0.15, 0.2) is 17.2 Å². The molecular weight excluding hydrogens is 358 g/mol. The van der Waals surface area contributed by atoms with E-state index >= 15 is 0 Å². The third kappa shape index (κ3) is 4.29. The minimum absolute atomic E-state index is 0.0124. The maximum atomic E-state index is 12.6. The number of carbonyl (C=O) groups excluding carboxylic acids is 1. The van der Waals surface area contributed by atoms with E-state index in [1.807, 2.05) is 19.9 Å². The summed E-state index contributed by atoms with van der Waals surface area (Å²) in [5.74, 6) is 1.41. The Bertz CT molecular complexity index is 917. The highest BCUT2D eigenvalue weighted by molar-refractivity contribution is 5.76. The number of carbonyl (C=O) groups is 1. The van der Waals surface area contributed by atoms with Gasteiger partial charge in [0.25, 0.3) is 5.56 Å². The Labute approximate surface area is 164 Å². The van der Waals surface area contributed by atoms with Gasteiger partial charge in [0.15, 0.2) is 0 Å². The van der Waals surface area contributed by atoms with Gasteiger partial charge in [-0.3, -0.25) is 14.2 Å². The molecule has 3 heterocycles. The average molecular weight is 385 g/mol. The lowest BCUT2D eigenvalue weighted by molar-refractivity contribution is -0.132. The third-order valence-corrected chi connectivity index (χ3v) is 4.94. The summed E-state index contributed by atoms with van der Waals surface area (Å²) in [7, 11) is 0. The molecule has 2 aromatic heterocycles. The summed E-state index contributed by atoms with van der Waals surface area (Å²) in [5.41, 5.74) is 2.01. The lowest BCUT2D eigenvalue weighted by Gasteiger charge is -2.35. The molecule has 0 bridgehead atoms. The number of nitrogens with one attached hydrogen (secondary N) is 1. The number of amides is 1. The van der Waals surface area contributed by atoms with Crippen molar-refractivity contribution in [3.63, 3.8) is 0 Å². The molecule has 0 aromatic carbocycles. The van der Waals surface area contributed by atoms with Crippen molar-refractivity contribution in [3.8, 4) is 0 Å². The third-order valence-electron chi connectivity index (χ3n) is 4.94. The van der Waals surface area contributed by atoms with E-state index in [0.29, 0.717) is 43.4 Å². The molecule has 9 nitrogen and oxygen atoms in total. The van der Waals surface area contributed by atoms with Gasteiger partial charge in [0.05, 0.1) is 6.33 Å². The fourth-order valence-electron chi connectivity index (χ4n) is 3.16. The molecule has 28 heavy (non-hydrogen) atoms. The summed E-state index contributed by atoms with van der Waals surface area (Å²) in [5, 5.41) is 3.22. The normalized spacial score (nSPS) is 14.3. The van der Waals surface area contributed by atoms with Crippen LogP contribution >= 0.6 is 0 Å². The number of nitrogens with zero attached hydrogens (tertiary/aromatic N) is 6. The molecule has 0 unspecified atom stereocenters. The Morgan fingerprint density at radius 2 is 1.86 bits per heavy atom. The summed E-state index contributed by atoms with van der Waals surface area (Å²) in [6, 6.07) is 1.92. The van der Waals surface area contributed by atoms with Gasteiger partial charge in [-0.05, 0) is 27.7 Å². The zero-order valence-corrected chi connectivity index (χ0v) is 16.9. The molecule has 9 heteroatoms. The van der Waals surface area contributed by atoms with E-state index in [1.54, 1.807) is 18.7 Å².